The summed E-state index contributed by atoms with van der Waals surface area (Å²) < 4.78 is 1.60. The maximum atomic E-state index is 11.4. The average Bonchev–Trinajstić information content (AvgIpc) is 2.49. The molecule has 1 aromatic rings. The second-order valence-electron chi connectivity index (χ2n) is 3.86. The molecule has 1 heterocycles. The Morgan fingerprint density at radius 1 is 1.67 bits per heavy atom. The minimum Gasteiger partial charge on any atom is -0.388 e. The average molecular weight is 208 g/mol. The highest BCUT2D eigenvalue weighted by atomic mass is 16.3. The molecule has 0 radical (unpaired) electrons. The van der Waals surface area contributed by atoms with Crippen LogP contribution in [-0.2, 0) is 11.8 Å². The molecule has 1 aromatic heterocycles. The monoisotopic (exact) mass is 208 g/mol. The quantitative estimate of drug-likeness (QED) is 0.760. The van der Waals surface area contributed by atoms with Crippen molar-refractivity contribution in [2.24, 2.45) is 7.05 Å². The first kappa shape index (κ1) is 11.7. The molecule has 15 heavy (non-hydrogen) atoms. The lowest BCUT2D eigenvalue weighted by molar-refractivity contribution is -0.116. The van der Waals surface area contributed by atoms with Crippen molar-refractivity contribution >= 4 is 5.78 Å². The molecule has 0 saturated carbocycles. The molecule has 1 atom stereocenters. The predicted octanol–water partition coefficient (Wildman–Crippen LogP) is 1.38. The second-order valence-corrected chi connectivity index (χ2v) is 3.86. The Balaban J connectivity index is 2.60. The Bertz CT molecular complexity index is 376. The normalized spacial score (nSPS) is 12.3. The first-order valence-corrected chi connectivity index (χ1v) is 4.83. The molecule has 0 fully saturated rings. The third kappa shape index (κ3) is 3.67. The molecule has 0 saturated heterocycles. The van der Waals surface area contributed by atoms with Crippen molar-refractivity contribution in [2.75, 3.05) is 0 Å². The summed E-state index contributed by atoms with van der Waals surface area (Å²) in [7, 11) is 1.77. The van der Waals surface area contributed by atoms with Gasteiger partial charge in [0.25, 0.3) is 0 Å². The minimum atomic E-state index is -0.762. The van der Waals surface area contributed by atoms with Gasteiger partial charge in [0.2, 0.25) is 0 Å². The van der Waals surface area contributed by atoms with E-state index < -0.39 is 6.10 Å². The SMILES string of the molecule is CC(C)=CC(=O)CC(O)c1cnn(C)c1. The van der Waals surface area contributed by atoms with E-state index in [1.807, 2.05) is 13.8 Å². The molecule has 0 amide bonds. The number of aryl methyl sites for hydroxylation is 1. The Morgan fingerprint density at radius 3 is 2.80 bits per heavy atom. The number of ketones is 1. The van der Waals surface area contributed by atoms with Gasteiger partial charge in [-0.2, -0.15) is 5.10 Å². The lowest BCUT2D eigenvalue weighted by Gasteiger charge is -2.05. The summed E-state index contributed by atoms with van der Waals surface area (Å²) in [6, 6.07) is 0. The van der Waals surface area contributed by atoms with Gasteiger partial charge in [0.15, 0.2) is 5.78 Å². The smallest absolute Gasteiger partial charge is 0.158 e. The van der Waals surface area contributed by atoms with Crippen LogP contribution in [-0.4, -0.2) is 20.7 Å². The van der Waals surface area contributed by atoms with Crippen LogP contribution in [0.2, 0.25) is 0 Å². The van der Waals surface area contributed by atoms with Gasteiger partial charge in [-0.1, -0.05) is 5.57 Å². The van der Waals surface area contributed by atoms with Crippen LogP contribution in [0, 0.1) is 0 Å². The second kappa shape index (κ2) is 4.89. The number of aromatic nitrogens is 2. The molecule has 1 rings (SSSR count). The fourth-order valence-corrected chi connectivity index (χ4v) is 1.30. The summed E-state index contributed by atoms with van der Waals surface area (Å²) in [5, 5.41) is 13.6. The van der Waals surface area contributed by atoms with Gasteiger partial charge in [-0.05, 0) is 19.9 Å². The Kier molecular flexibility index (Phi) is 3.80. The molecule has 0 aliphatic carbocycles. The van der Waals surface area contributed by atoms with Crippen LogP contribution in [0.3, 0.4) is 0 Å². The summed E-state index contributed by atoms with van der Waals surface area (Å²) in [6.45, 7) is 3.71. The predicted molar refractivity (Wildman–Crippen MR) is 57.2 cm³/mol. The van der Waals surface area contributed by atoms with Crippen molar-refractivity contribution in [3.8, 4) is 0 Å². The number of carbonyl (C=O) groups excluding carboxylic acids is 1. The number of aliphatic hydroxyl groups is 1. The molecule has 0 aromatic carbocycles. The Morgan fingerprint density at radius 2 is 2.33 bits per heavy atom. The molecular weight excluding hydrogens is 192 g/mol. The van der Waals surface area contributed by atoms with Gasteiger partial charge in [-0.3, -0.25) is 9.48 Å². The maximum absolute atomic E-state index is 11.4. The number of rotatable bonds is 4. The highest BCUT2D eigenvalue weighted by molar-refractivity contribution is 5.90. The largest absolute Gasteiger partial charge is 0.388 e. The van der Waals surface area contributed by atoms with Gasteiger partial charge < -0.3 is 5.11 Å². The number of allylic oxidation sites excluding steroid dienone is 2. The zero-order valence-electron chi connectivity index (χ0n) is 9.27. The molecule has 4 heteroatoms. The van der Waals surface area contributed by atoms with Crippen LogP contribution in [0.15, 0.2) is 24.0 Å². The fourth-order valence-electron chi connectivity index (χ4n) is 1.30. The standard InChI is InChI=1S/C11H16N2O2/c1-8(2)4-10(14)5-11(15)9-6-12-13(3)7-9/h4,6-7,11,15H,5H2,1-3H3. The Labute approximate surface area is 89.2 Å². The van der Waals surface area contributed by atoms with E-state index in [-0.39, 0.29) is 12.2 Å². The van der Waals surface area contributed by atoms with E-state index in [9.17, 15) is 9.90 Å². The summed E-state index contributed by atoms with van der Waals surface area (Å²) in [6.07, 6.45) is 4.17. The van der Waals surface area contributed by atoms with E-state index in [1.54, 1.807) is 30.2 Å². The van der Waals surface area contributed by atoms with Crippen LogP contribution in [0.4, 0.5) is 0 Å². The van der Waals surface area contributed by atoms with E-state index in [2.05, 4.69) is 5.10 Å². The number of hydrogen-bond acceptors (Lipinski definition) is 3. The summed E-state index contributed by atoms with van der Waals surface area (Å²) in [4.78, 5) is 11.4. The maximum Gasteiger partial charge on any atom is 0.158 e. The summed E-state index contributed by atoms with van der Waals surface area (Å²) in [5.41, 5.74) is 1.62. The van der Waals surface area contributed by atoms with Gasteiger partial charge in [-0.25, -0.2) is 0 Å². The van der Waals surface area contributed by atoms with Crippen LogP contribution in [0.25, 0.3) is 0 Å². The number of nitrogens with zero attached hydrogens (tertiary/aromatic N) is 2. The highest BCUT2D eigenvalue weighted by Crippen LogP contribution is 2.16. The molecule has 0 spiro atoms. The highest BCUT2D eigenvalue weighted by Gasteiger charge is 2.12. The first-order valence-electron chi connectivity index (χ1n) is 4.83. The fraction of sp³-hybridized carbons (Fsp3) is 0.455. The van der Waals surface area contributed by atoms with Crippen LogP contribution in [0.1, 0.15) is 31.9 Å². The van der Waals surface area contributed by atoms with Gasteiger partial charge >= 0.3 is 0 Å². The summed E-state index contributed by atoms with van der Waals surface area (Å²) in [5.74, 6) is -0.0636. The van der Waals surface area contributed by atoms with E-state index in [4.69, 9.17) is 0 Å². The van der Waals surface area contributed by atoms with Crippen LogP contribution < -0.4 is 0 Å². The topological polar surface area (TPSA) is 55.1 Å². The van der Waals surface area contributed by atoms with Gasteiger partial charge in [0.05, 0.1) is 12.3 Å². The third-order valence-electron chi connectivity index (χ3n) is 1.95. The lowest BCUT2D eigenvalue weighted by Crippen LogP contribution is -2.04. The molecular formula is C11H16N2O2. The van der Waals surface area contributed by atoms with Gasteiger partial charge in [0.1, 0.15) is 0 Å². The molecule has 0 bridgehead atoms. The lowest BCUT2D eigenvalue weighted by atomic mass is 10.1. The number of carbonyl (C=O) groups is 1. The van der Waals surface area contributed by atoms with E-state index in [1.165, 1.54) is 0 Å². The third-order valence-corrected chi connectivity index (χ3v) is 1.95. The van der Waals surface area contributed by atoms with E-state index in [0.29, 0.717) is 5.56 Å². The van der Waals surface area contributed by atoms with Gasteiger partial charge in [-0.15, -0.1) is 0 Å². The van der Waals surface area contributed by atoms with Crippen LogP contribution in [0.5, 0.6) is 0 Å². The van der Waals surface area contributed by atoms with E-state index >= 15 is 0 Å². The molecule has 4 nitrogen and oxygen atoms in total. The number of hydrogen-bond donors (Lipinski definition) is 1. The van der Waals surface area contributed by atoms with E-state index in [0.717, 1.165) is 5.57 Å². The van der Waals surface area contributed by atoms with Crippen molar-refractivity contribution in [1.82, 2.24) is 9.78 Å². The minimum absolute atomic E-state index is 0.0636. The van der Waals surface area contributed by atoms with Crippen molar-refractivity contribution in [3.63, 3.8) is 0 Å². The van der Waals surface area contributed by atoms with Crippen molar-refractivity contribution in [3.05, 3.63) is 29.6 Å². The number of aliphatic hydroxyl groups excluding tert-OH is 1. The molecule has 1 N–H and O–H groups in total. The molecule has 82 valence electrons. The first-order chi connectivity index (χ1) is 6.99. The van der Waals surface area contributed by atoms with Crippen LogP contribution >= 0.6 is 0 Å². The van der Waals surface area contributed by atoms with Crippen molar-refractivity contribution in [1.29, 1.82) is 0 Å². The molecule has 1 unspecified atom stereocenters. The van der Waals surface area contributed by atoms with Crippen molar-refractivity contribution in [2.45, 2.75) is 26.4 Å². The zero-order chi connectivity index (χ0) is 11.4. The van der Waals surface area contributed by atoms with Crippen molar-refractivity contribution < 1.29 is 9.90 Å². The van der Waals surface area contributed by atoms with Gasteiger partial charge in [0, 0.05) is 25.2 Å². The molecule has 0 aliphatic rings. The molecule has 0 aliphatic heterocycles. The Hall–Kier alpha value is -1.42. The summed E-state index contributed by atoms with van der Waals surface area (Å²) >= 11 is 0. The zero-order valence-corrected chi connectivity index (χ0v) is 9.27.